The van der Waals surface area contributed by atoms with Crippen molar-refractivity contribution in [2.45, 2.75) is 33.6 Å². The predicted molar refractivity (Wildman–Crippen MR) is 134 cm³/mol. The lowest BCUT2D eigenvalue weighted by atomic mass is 10.0. The summed E-state index contributed by atoms with van der Waals surface area (Å²) in [6.07, 6.45) is 0.713. The van der Waals surface area contributed by atoms with E-state index in [2.05, 4.69) is 5.32 Å². The Morgan fingerprint density at radius 2 is 1.74 bits per heavy atom. The minimum atomic E-state index is -0.421. The molecule has 1 N–H and O–H groups in total. The summed E-state index contributed by atoms with van der Waals surface area (Å²) in [6, 6.07) is 16.4. The Morgan fingerprint density at radius 1 is 1.03 bits per heavy atom. The zero-order valence-corrected chi connectivity index (χ0v) is 20.3. The van der Waals surface area contributed by atoms with Crippen molar-refractivity contribution in [2.24, 2.45) is 0 Å². The van der Waals surface area contributed by atoms with Crippen molar-refractivity contribution >= 4 is 28.6 Å². The van der Waals surface area contributed by atoms with E-state index in [0.717, 1.165) is 33.5 Å². The maximum Gasteiger partial charge on any atom is 0.337 e. The van der Waals surface area contributed by atoms with Crippen molar-refractivity contribution < 1.29 is 19.1 Å². The second kappa shape index (κ2) is 10.4. The highest BCUT2D eigenvalue weighted by molar-refractivity contribution is 5.93. The number of nitrogens with zero attached hydrogens (tertiary/aromatic N) is 3. The van der Waals surface area contributed by atoms with Crippen LogP contribution in [0.3, 0.4) is 0 Å². The van der Waals surface area contributed by atoms with E-state index in [0.29, 0.717) is 30.2 Å². The van der Waals surface area contributed by atoms with E-state index in [1.54, 1.807) is 24.3 Å². The monoisotopic (exact) mass is 472 g/mol. The molecule has 0 fully saturated rings. The number of esters is 1. The van der Waals surface area contributed by atoms with Gasteiger partial charge in [-0.25, -0.2) is 9.48 Å². The molecule has 1 amide bonds. The number of fused-ring (bicyclic) bond motifs is 1. The second-order valence-corrected chi connectivity index (χ2v) is 8.10. The summed E-state index contributed by atoms with van der Waals surface area (Å²) in [6.45, 7) is 6.36. The minimum Gasteiger partial charge on any atom is -0.478 e. The maximum absolute atomic E-state index is 12.7. The number of hydrogen-bond donors (Lipinski definition) is 1. The van der Waals surface area contributed by atoms with Crippen LogP contribution in [0.25, 0.3) is 16.7 Å². The van der Waals surface area contributed by atoms with Crippen molar-refractivity contribution in [2.75, 3.05) is 19.0 Å². The molecule has 2 heterocycles. The van der Waals surface area contributed by atoms with Crippen LogP contribution in [0.1, 0.15) is 40.5 Å². The van der Waals surface area contributed by atoms with Crippen LogP contribution in [-0.2, 0) is 16.0 Å². The number of benzene rings is 2. The number of ether oxygens (including phenoxy) is 2. The number of anilines is 1. The molecule has 2 aromatic carbocycles. The van der Waals surface area contributed by atoms with Crippen molar-refractivity contribution in [3.8, 4) is 11.6 Å². The Hall–Kier alpha value is -4.20. The van der Waals surface area contributed by atoms with Crippen LogP contribution in [0.5, 0.6) is 5.88 Å². The summed E-state index contributed by atoms with van der Waals surface area (Å²) in [5.41, 5.74) is 5.46. The highest BCUT2D eigenvalue weighted by Crippen LogP contribution is 2.32. The lowest BCUT2D eigenvalue weighted by Crippen LogP contribution is -2.14. The molecule has 2 aromatic heterocycles. The number of carbonyl (C=O) groups is 2. The molecule has 0 aliphatic carbocycles. The fourth-order valence-corrected chi connectivity index (χ4v) is 4.10. The molecule has 8 nitrogen and oxygen atoms in total. The highest BCUT2D eigenvalue weighted by atomic mass is 16.5. The third kappa shape index (κ3) is 5.01. The molecule has 4 rings (SSSR count). The topological polar surface area (TPSA) is 95.3 Å². The first-order chi connectivity index (χ1) is 16.9. The zero-order chi connectivity index (χ0) is 24.9. The summed E-state index contributed by atoms with van der Waals surface area (Å²) >= 11 is 0. The summed E-state index contributed by atoms with van der Waals surface area (Å²) in [5.74, 6) is -0.0464. The van der Waals surface area contributed by atoms with Crippen LogP contribution in [0.15, 0.2) is 54.6 Å². The molecule has 0 saturated carbocycles. The fraction of sp³-hybridized carbons (Fsp3) is 0.259. The van der Waals surface area contributed by atoms with Crippen LogP contribution < -0.4 is 10.1 Å². The van der Waals surface area contributed by atoms with E-state index in [-0.39, 0.29) is 12.3 Å². The summed E-state index contributed by atoms with van der Waals surface area (Å²) in [7, 11) is 1.33. The number of aromatic nitrogens is 3. The van der Waals surface area contributed by atoms with E-state index < -0.39 is 5.97 Å². The summed E-state index contributed by atoms with van der Waals surface area (Å²) in [4.78, 5) is 29.1. The minimum absolute atomic E-state index is 0.144. The predicted octanol–water partition coefficient (Wildman–Crippen LogP) is 4.79. The number of hydrogen-bond acceptors (Lipinski definition) is 6. The lowest BCUT2D eigenvalue weighted by Gasteiger charge is -2.14. The first-order valence-electron chi connectivity index (χ1n) is 11.5. The molecule has 35 heavy (non-hydrogen) atoms. The zero-order valence-electron chi connectivity index (χ0n) is 20.3. The van der Waals surface area contributed by atoms with Gasteiger partial charge in [-0.05, 0) is 69.2 Å². The van der Waals surface area contributed by atoms with Gasteiger partial charge in [-0.2, -0.15) is 10.1 Å². The van der Waals surface area contributed by atoms with Gasteiger partial charge in [0, 0.05) is 23.1 Å². The van der Waals surface area contributed by atoms with Gasteiger partial charge in [0.2, 0.25) is 11.8 Å². The Labute approximate surface area is 203 Å². The Balaban J connectivity index is 1.58. The van der Waals surface area contributed by atoms with Crippen molar-refractivity contribution in [3.63, 3.8) is 0 Å². The van der Waals surface area contributed by atoms with E-state index >= 15 is 0 Å². The number of rotatable bonds is 8. The summed E-state index contributed by atoms with van der Waals surface area (Å²) in [5, 5.41) is 8.56. The number of aryl methyl sites for hydroxylation is 2. The number of methoxy groups -OCH3 is 1. The van der Waals surface area contributed by atoms with Gasteiger partial charge in [-0.1, -0.05) is 18.2 Å². The van der Waals surface area contributed by atoms with Crippen LogP contribution in [0, 0.1) is 13.8 Å². The third-order valence-electron chi connectivity index (χ3n) is 5.80. The third-order valence-corrected chi connectivity index (χ3v) is 5.80. The molecular formula is C27H28N4O4. The van der Waals surface area contributed by atoms with E-state index in [9.17, 15) is 9.59 Å². The molecule has 0 atom stereocenters. The molecule has 0 aliphatic heterocycles. The quantitative estimate of drug-likeness (QED) is 0.370. The van der Waals surface area contributed by atoms with Crippen molar-refractivity contribution in [3.05, 3.63) is 77.0 Å². The van der Waals surface area contributed by atoms with Crippen LogP contribution in [0.2, 0.25) is 0 Å². The van der Waals surface area contributed by atoms with Gasteiger partial charge in [0.1, 0.15) is 0 Å². The largest absolute Gasteiger partial charge is 0.478 e. The molecule has 0 saturated heterocycles. The number of pyridine rings is 1. The molecule has 4 aromatic rings. The molecule has 0 bridgehead atoms. The number of nitrogens with one attached hydrogen (secondary N) is 1. The van der Waals surface area contributed by atoms with Gasteiger partial charge in [0.15, 0.2) is 5.65 Å². The Kier molecular flexibility index (Phi) is 7.10. The first kappa shape index (κ1) is 23.9. The molecule has 0 aliphatic rings. The first-order valence-corrected chi connectivity index (χ1v) is 11.5. The average Bonchev–Trinajstić information content (AvgIpc) is 3.20. The molecule has 0 radical (unpaired) electrons. The van der Waals surface area contributed by atoms with Crippen LogP contribution in [-0.4, -0.2) is 40.4 Å². The smallest absolute Gasteiger partial charge is 0.337 e. The molecule has 0 unspecified atom stereocenters. The average molecular weight is 473 g/mol. The number of para-hydroxylation sites is 1. The van der Waals surface area contributed by atoms with Gasteiger partial charge in [-0.15, -0.1) is 0 Å². The second-order valence-electron chi connectivity index (χ2n) is 8.10. The molecule has 8 heteroatoms. The van der Waals surface area contributed by atoms with E-state index in [1.165, 1.54) is 7.11 Å². The van der Waals surface area contributed by atoms with Gasteiger partial charge in [0.05, 0.1) is 30.7 Å². The number of amides is 1. The molecule has 180 valence electrons. The lowest BCUT2D eigenvalue weighted by molar-refractivity contribution is -0.116. The van der Waals surface area contributed by atoms with Crippen LogP contribution >= 0.6 is 0 Å². The van der Waals surface area contributed by atoms with Crippen LogP contribution in [0.4, 0.5) is 5.69 Å². The van der Waals surface area contributed by atoms with Crippen molar-refractivity contribution in [1.29, 1.82) is 0 Å². The van der Waals surface area contributed by atoms with Gasteiger partial charge >= 0.3 is 5.97 Å². The number of carbonyl (C=O) groups excluding carboxylic acids is 2. The Morgan fingerprint density at radius 3 is 2.40 bits per heavy atom. The fourth-order valence-electron chi connectivity index (χ4n) is 4.10. The van der Waals surface area contributed by atoms with E-state index in [4.69, 9.17) is 19.6 Å². The molecule has 0 spiro atoms. The Bertz CT molecular complexity index is 1360. The summed E-state index contributed by atoms with van der Waals surface area (Å²) < 4.78 is 12.4. The van der Waals surface area contributed by atoms with Gasteiger partial charge in [0.25, 0.3) is 0 Å². The van der Waals surface area contributed by atoms with Crippen molar-refractivity contribution in [1.82, 2.24) is 14.8 Å². The van der Waals surface area contributed by atoms with Gasteiger partial charge < -0.3 is 14.8 Å². The maximum atomic E-state index is 12.7. The van der Waals surface area contributed by atoms with E-state index in [1.807, 2.05) is 55.8 Å². The highest BCUT2D eigenvalue weighted by Gasteiger charge is 2.20. The normalized spacial score (nSPS) is 10.9. The standard InChI is InChI=1S/C27H28N4O4/c1-5-35-26-22(15-16-23(32)28-20-13-11-19(12-14-20)27(33)34-4)17(2)24-18(3)30-31(25(24)29-26)21-9-7-6-8-10-21/h6-14H,5,15-16H2,1-4H3,(H,28,32). The molecular weight excluding hydrogens is 444 g/mol. The van der Waals surface area contributed by atoms with Gasteiger partial charge in [-0.3, -0.25) is 4.79 Å². The SMILES string of the molecule is CCOc1nc2c(c(C)nn2-c2ccccc2)c(C)c1CCC(=O)Nc1ccc(C(=O)OC)cc1.